The van der Waals surface area contributed by atoms with E-state index < -0.39 is 12.1 Å². The summed E-state index contributed by atoms with van der Waals surface area (Å²) in [6.45, 7) is 4.01. The molecule has 1 heterocycles. The summed E-state index contributed by atoms with van der Waals surface area (Å²) in [4.78, 5) is 44.4. The summed E-state index contributed by atoms with van der Waals surface area (Å²) in [5, 5.41) is 7.94. The molecule has 0 aromatic heterocycles. The van der Waals surface area contributed by atoms with Crippen molar-refractivity contribution >= 4 is 45.6 Å². The zero-order chi connectivity index (χ0) is 28.4. The lowest BCUT2D eigenvalue weighted by Gasteiger charge is -2.27. The van der Waals surface area contributed by atoms with Gasteiger partial charge in [0.05, 0.1) is 30.5 Å². The van der Waals surface area contributed by atoms with E-state index in [1.807, 2.05) is 49.4 Å². The lowest BCUT2D eigenvalue weighted by molar-refractivity contribution is -0.128. The molecule has 40 heavy (non-hydrogen) atoms. The summed E-state index contributed by atoms with van der Waals surface area (Å²) in [5.74, 6) is -0.901. The number of aryl methyl sites for hydroxylation is 1. The molecule has 0 radical (unpaired) electrons. The zero-order valence-electron chi connectivity index (χ0n) is 22.8. The molecule has 4 aromatic rings. The fourth-order valence-corrected chi connectivity index (χ4v) is 5.07. The van der Waals surface area contributed by atoms with E-state index in [9.17, 15) is 14.4 Å². The number of nitrogens with one attached hydrogen (secondary N) is 2. The normalized spacial score (nSPS) is 15.9. The number of nitrogen functional groups attached to an aromatic ring is 1. The van der Waals surface area contributed by atoms with E-state index in [4.69, 9.17) is 5.73 Å². The Bertz CT molecular complexity index is 1580. The van der Waals surface area contributed by atoms with Crippen LogP contribution in [-0.4, -0.2) is 43.4 Å². The highest BCUT2D eigenvalue weighted by Gasteiger charge is 2.37. The SMILES string of the molecule is CN[C@@H](C)C(=O)NC1CN(C(=O)c2ccc(N)cc2)c2ccccc2N(Cc2c(C)ccc3ccccc23)C1=O. The highest BCUT2D eigenvalue weighted by Crippen LogP contribution is 2.36. The van der Waals surface area contributed by atoms with Crippen molar-refractivity contribution in [3.05, 3.63) is 102 Å². The molecule has 0 spiro atoms. The summed E-state index contributed by atoms with van der Waals surface area (Å²) >= 11 is 0. The Hall–Kier alpha value is -4.69. The minimum Gasteiger partial charge on any atom is -0.399 e. The van der Waals surface area contributed by atoms with Gasteiger partial charge in [0.25, 0.3) is 11.8 Å². The number of benzene rings is 4. The van der Waals surface area contributed by atoms with Crippen molar-refractivity contribution < 1.29 is 14.4 Å². The Morgan fingerprint density at radius 1 is 0.950 bits per heavy atom. The van der Waals surface area contributed by atoms with Crippen molar-refractivity contribution in [2.24, 2.45) is 0 Å². The Labute approximate surface area is 233 Å². The Balaban J connectivity index is 1.63. The predicted octanol–water partition coefficient (Wildman–Crippen LogP) is 4.02. The van der Waals surface area contributed by atoms with Gasteiger partial charge >= 0.3 is 0 Å². The molecule has 8 nitrogen and oxygen atoms in total. The van der Waals surface area contributed by atoms with Crippen LogP contribution in [0, 0.1) is 6.92 Å². The maximum atomic E-state index is 14.3. The molecule has 0 bridgehead atoms. The van der Waals surface area contributed by atoms with Crippen molar-refractivity contribution in [2.75, 3.05) is 29.1 Å². The van der Waals surface area contributed by atoms with Gasteiger partial charge in [-0.15, -0.1) is 0 Å². The molecule has 1 aliphatic heterocycles. The maximum Gasteiger partial charge on any atom is 0.258 e. The third-order valence-corrected chi connectivity index (χ3v) is 7.53. The van der Waals surface area contributed by atoms with Crippen LogP contribution >= 0.6 is 0 Å². The highest BCUT2D eigenvalue weighted by molar-refractivity contribution is 6.13. The Kier molecular flexibility index (Phi) is 7.53. The van der Waals surface area contributed by atoms with E-state index in [-0.39, 0.29) is 30.8 Å². The van der Waals surface area contributed by atoms with E-state index in [0.29, 0.717) is 22.6 Å². The molecule has 1 aliphatic rings. The number of likely N-dealkylation sites (N-methyl/N-ethyl adjacent to an activating group) is 1. The standard InChI is InChI=1S/C32H33N5O3/c1-20-12-13-22-8-4-5-9-25(22)26(20)18-36-28-10-6-7-11-29(28)37(31(39)23-14-16-24(33)17-15-23)19-27(32(36)40)35-30(38)21(2)34-3/h4-17,21,27,34H,18-19,33H2,1-3H3,(H,35,38)/t21-,27?/m0/s1. The number of carbonyl (C=O) groups excluding carboxylic acids is 3. The van der Waals surface area contributed by atoms with Crippen LogP contribution in [0.2, 0.25) is 0 Å². The van der Waals surface area contributed by atoms with Gasteiger partial charge in [0.15, 0.2) is 0 Å². The van der Waals surface area contributed by atoms with Crippen LogP contribution < -0.4 is 26.2 Å². The second kappa shape index (κ2) is 11.2. The van der Waals surface area contributed by atoms with Crippen LogP contribution in [0.25, 0.3) is 10.8 Å². The van der Waals surface area contributed by atoms with Gasteiger partial charge < -0.3 is 26.2 Å². The van der Waals surface area contributed by atoms with Crippen LogP contribution in [0.4, 0.5) is 17.1 Å². The molecular weight excluding hydrogens is 502 g/mol. The monoisotopic (exact) mass is 535 g/mol. The molecule has 0 saturated carbocycles. The molecule has 0 fully saturated rings. The van der Waals surface area contributed by atoms with Gasteiger partial charge in [-0.05, 0) is 79.2 Å². The zero-order valence-corrected chi connectivity index (χ0v) is 22.8. The minimum atomic E-state index is -0.969. The largest absolute Gasteiger partial charge is 0.399 e. The van der Waals surface area contributed by atoms with Gasteiger partial charge in [0, 0.05) is 11.3 Å². The lowest BCUT2D eigenvalue weighted by Crippen LogP contribution is -2.55. The first-order valence-corrected chi connectivity index (χ1v) is 13.3. The van der Waals surface area contributed by atoms with E-state index in [1.54, 1.807) is 48.0 Å². The topological polar surface area (TPSA) is 108 Å². The highest BCUT2D eigenvalue weighted by atomic mass is 16.2. The molecule has 8 heteroatoms. The second-order valence-corrected chi connectivity index (χ2v) is 10.1. The predicted molar refractivity (Wildman–Crippen MR) is 159 cm³/mol. The molecular formula is C32H33N5O3. The summed E-state index contributed by atoms with van der Waals surface area (Å²) in [6.07, 6.45) is 0. The van der Waals surface area contributed by atoms with Crippen molar-refractivity contribution in [2.45, 2.75) is 32.5 Å². The number of fused-ring (bicyclic) bond motifs is 2. The van der Waals surface area contributed by atoms with Gasteiger partial charge in [0.2, 0.25) is 5.91 Å². The number of hydrogen-bond acceptors (Lipinski definition) is 5. The molecule has 0 saturated heterocycles. The number of para-hydroxylation sites is 2. The quantitative estimate of drug-likeness (QED) is 0.323. The van der Waals surface area contributed by atoms with Gasteiger partial charge in [-0.25, -0.2) is 0 Å². The molecule has 2 atom stereocenters. The average Bonchev–Trinajstić information content (AvgIpc) is 3.08. The summed E-state index contributed by atoms with van der Waals surface area (Å²) in [5.41, 5.74) is 10.1. The molecule has 5 rings (SSSR count). The third-order valence-electron chi connectivity index (χ3n) is 7.53. The summed E-state index contributed by atoms with van der Waals surface area (Å²) < 4.78 is 0. The first-order valence-electron chi connectivity index (χ1n) is 13.3. The number of nitrogens with zero attached hydrogens (tertiary/aromatic N) is 2. The fourth-order valence-electron chi connectivity index (χ4n) is 5.07. The van der Waals surface area contributed by atoms with E-state index in [0.717, 1.165) is 21.9 Å². The molecule has 4 N–H and O–H groups in total. The second-order valence-electron chi connectivity index (χ2n) is 10.1. The molecule has 204 valence electrons. The van der Waals surface area contributed by atoms with Crippen molar-refractivity contribution in [1.29, 1.82) is 0 Å². The number of anilines is 3. The Morgan fingerprint density at radius 3 is 2.35 bits per heavy atom. The van der Waals surface area contributed by atoms with Crippen molar-refractivity contribution in [3.63, 3.8) is 0 Å². The molecule has 0 aliphatic carbocycles. The molecule has 4 aromatic carbocycles. The van der Waals surface area contributed by atoms with Crippen LogP contribution in [0.15, 0.2) is 84.9 Å². The smallest absolute Gasteiger partial charge is 0.258 e. The van der Waals surface area contributed by atoms with E-state index in [2.05, 4.69) is 28.8 Å². The first kappa shape index (κ1) is 26.9. The number of hydrogen-bond donors (Lipinski definition) is 3. The number of rotatable bonds is 6. The van der Waals surface area contributed by atoms with Crippen LogP contribution in [0.1, 0.15) is 28.4 Å². The molecule has 3 amide bonds. The van der Waals surface area contributed by atoms with E-state index >= 15 is 0 Å². The summed E-state index contributed by atoms with van der Waals surface area (Å²) in [6, 6.07) is 24.8. The summed E-state index contributed by atoms with van der Waals surface area (Å²) in [7, 11) is 1.68. The van der Waals surface area contributed by atoms with Gasteiger partial charge in [-0.3, -0.25) is 14.4 Å². The van der Waals surface area contributed by atoms with Crippen LogP contribution in [-0.2, 0) is 16.1 Å². The number of amides is 3. The Morgan fingerprint density at radius 2 is 1.62 bits per heavy atom. The van der Waals surface area contributed by atoms with Crippen molar-refractivity contribution in [3.8, 4) is 0 Å². The van der Waals surface area contributed by atoms with Gasteiger partial charge in [-0.1, -0.05) is 48.5 Å². The minimum absolute atomic E-state index is 0.0216. The van der Waals surface area contributed by atoms with Gasteiger partial charge in [0.1, 0.15) is 6.04 Å². The first-order chi connectivity index (χ1) is 19.3. The van der Waals surface area contributed by atoms with Crippen LogP contribution in [0.5, 0.6) is 0 Å². The van der Waals surface area contributed by atoms with Gasteiger partial charge in [-0.2, -0.15) is 0 Å². The lowest BCUT2D eigenvalue weighted by atomic mass is 9.99. The van der Waals surface area contributed by atoms with E-state index in [1.165, 1.54) is 0 Å². The number of nitrogens with two attached hydrogens (primary N) is 1. The number of carbonyl (C=O) groups is 3. The molecule has 1 unspecified atom stereocenters. The van der Waals surface area contributed by atoms with Crippen LogP contribution in [0.3, 0.4) is 0 Å². The third kappa shape index (κ3) is 5.13. The average molecular weight is 536 g/mol. The fraction of sp³-hybridized carbons (Fsp3) is 0.219. The maximum absolute atomic E-state index is 14.3. The van der Waals surface area contributed by atoms with Crippen molar-refractivity contribution in [1.82, 2.24) is 10.6 Å².